The van der Waals surface area contributed by atoms with Gasteiger partial charge in [0.15, 0.2) is 11.5 Å². The highest BCUT2D eigenvalue weighted by Gasteiger charge is 2.32. The fraction of sp³-hybridized carbons (Fsp3) is 0.429. The molecule has 2 rings (SSSR count). The maximum absolute atomic E-state index is 9.89. The standard InChI is InChI=1S/C14H18BrNO5/c1-21-12-5-8(15)7(4-11(12)18)6-16-9-2-3-10(17)14(20)13(9)19/h2-5,9-10,13-14,16-20H,6H2,1H3/t9-,10-,13+,14+/m0/s1. The van der Waals surface area contributed by atoms with Gasteiger partial charge in [-0.1, -0.05) is 28.1 Å². The minimum absolute atomic E-state index is 0.0210. The van der Waals surface area contributed by atoms with E-state index in [0.717, 1.165) is 10.0 Å². The van der Waals surface area contributed by atoms with Crippen LogP contribution in [0.4, 0.5) is 0 Å². The highest BCUT2D eigenvalue weighted by molar-refractivity contribution is 9.10. The number of aliphatic hydroxyl groups is 3. The molecular formula is C14H18BrNO5. The molecule has 0 bridgehead atoms. The molecule has 4 atom stereocenters. The van der Waals surface area contributed by atoms with E-state index >= 15 is 0 Å². The monoisotopic (exact) mass is 359 g/mol. The molecule has 0 fully saturated rings. The first-order chi connectivity index (χ1) is 9.93. The van der Waals surface area contributed by atoms with Gasteiger partial charge in [0, 0.05) is 11.0 Å². The van der Waals surface area contributed by atoms with Crippen molar-refractivity contribution >= 4 is 15.9 Å². The van der Waals surface area contributed by atoms with Gasteiger partial charge in [-0.25, -0.2) is 0 Å². The zero-order valence-corrected chi connectivity index (χ0v) is 13.0. The molecule has 116 valence electrons. The van der Waals surface area contributed by atoms with Crippen LogP contribution in [0.25, 0.3) is 0 Å². The van der Waals surface area contributed by atoms with Gasteiger partial charge in [-0.05, 0) is 17.7 Å². The first-order valence-corrected chi connectivity index (χ1v) is 7.24. The third kappa shape index (κ3) is 3.56. The lowest BCUT2D eigenvalue weighted by molar-refractivity contribution is -0.0567. The van der Waals surface area contributed by atoms with Crippen LogP contribution in [-0.4, -0.2) is 51.9 Å². The smallest absolute Gasteiger partial charge is 0.161 e. The second kappa shape index (κ2) is 6.76. The zero-order chi connectivity index (χ0) is 15.6. The Balaban J connectivity index is 2.07. The summed E-state index contributed by atoms with van der Waals surface area (Å²) in [4.78, 5) is 0. The van der Waals surface area contributed by atoms with Crippen molar-refractivity contribution in [1.82, 2.24) is 5.32 Å². The van der Waals surface area contributed by atoms with Crippen molar-refractivity contribution < 1.29 is 25.2 Å². The lowest BCUT2D eigenvalue weighted by atomic mass is 9.94. The number of aromatic hydroxyl groups is 1. The van der Waals surface area contributed by atoms with Gasteiger partial charge >= 0.3 is 0 Å². The number of benzene rings is 1. The summed E-state index contributed by atoms with van der Waals surface area (Å²) in [5.41, 5.74) is 0.773. The molecule has 1 aromatic carbocycles. The lowest BCUT2D eigenvalue weighted by Crippen LogP contribution is -2.51. The van der Waals surface area contributed by atoms with Crippen molar-refractivity contribution in [2.45, 2.75) is 30.9 Å². The summed E-state index contributed by atoms with van der Waals surface area (Å²) >= 11 is 3.38. The van der Waals surface area contributed by atoms with Crippen molar-refractivity contribution in [2.24, 2.45) is 0 Å². The third-order valence-electron chi connectivity index (χ3n) is 3.46. The molecule has 0 aliphatic heterocycles. The number of rotatable bonds is 4. The molecule has 0 spiro atoms. The summed E-state index contributed by atoms with van der Waals surface area (Å²) in [6, 6.07) is 2.72. The molecule has 0 heterocycles. The summed E-state index contributed by atoms with van der Waals surface area (Å²) in [5, 5.41) is 41.7. The highest BCUT2D eigenvalue weighted by atomic mass is 79.9. The molecule has 1 aliphatic carbocycles. The average molecular weight is 360 g/mol. The van der Waals surface area contributed by atoms with Crippen LogP contribution in [0.3, 0.4) is 0 Å². The number of hydrogen-bond donors (Lipinski definition) is 5. The van der Waals surface area contributed by atoms with Crippen molar-refractivity contribution in [3.63, 3.8) is 0 Å². The first-order valence-electron chi connectivity index (χ1n) is 6.45. The average Bonchev–Trinajstić information content (AvgIpc) is 2.47. The van der Waals surface area contributed by atoms with Crippen LogP contribution in [0.1, 0.15) is 5.56 Å². The Morgan fingerprint density at radius 1 is 1.19 bits per heavy atom. The molecule has 0 amide bonds. The van der Waals surface area contributed by atoms with E-state index in [2.05, 4.69) is 21.2 Å². The van der Waals surface area contributed by atoms with Gasteiger partial charge in [0.25, 0.3) is 0 Å². The Bertz CT molecular complexity index is 536. The van der Waals surface area contributed by atoms with Gasteiger partial charge in [-0.3, -0.25) is 0 Å². The molecule has 21 heavy (non-hydrogen) atoms. The molecule has 0 radical (unpaired) electrons. The fourth-order valence-electron chi connectivity index (χ4n) is 2.18. The van der Waals surface area contributed by atoms with Gasteiger partial charge in [-0.2, -0.15) is 0 Å². The third-order valence-corrected chi connectivity index (χ3v) is 4.20. The Hall–Kier alpha value is -1.12. The zero-order valence-electron chi connectivity index (χ0n) is 11.4. The van der Waals surface area contributed by atoms with Crippen LogP contribution in [-0.2, 0) is 6.54 Å². The fourth-order valence-corrected chi connectivity index (χ4v) is 2.64. The Kier molecular flexibility index (Phi) is 5.23. The van der Waals surface area contributed by atoms with Crippen LogP contribution in [0, 0.1) is 0 Å². The van der Waals surface area contributed by atoms with Crippen LogP contribution in [0.15, 0.2) is 28.8 Å². The van der Waals surface area contributed by atoms with Gasteiger partial charge in [-0.15, -0.1) is 0 Å². The minimum atomic E-state index is -1.22. The number of ether oxygens (including phenoxy) is 1. The van der Waals surface area contributed by atoms with Gasteiger partial charge in [0.1, 0.15) is 18.3 Å². The number of phenols is 1. The Labute approximate surface area is 130 Å². The largest absolute Gasteiger partial charge is 0.504 e. The topological polar surface area (TPSA) is 102 Å². The number of nitrogens with one attached hydrogen (secondary N) is 1. The summed E-state index contributed by atoms with van der Waals surface area (Å²) in [5.74, 6) is 0.384. The first kappa shape index (κ1) is 16.3. The van der Waals surface area contributed by atoms with E-state index in [0.29, 0.717) is 12.3 Å². The maximum Gasteiger partial charge on any atom is 0.161 e. The normalized spacial score (nSPS) is 28.6. The highest BCUT2D eigenvalue weighted by Crippen LogP contribution is 2.32. The molecule has 7 heteroatoms. The molecule has 0 unspecified atom stereocenters. The second-order valence-electron chi connectivity index (χ2n) is 4.88. The molecule has 5 N–H and O–H groups in total. The van der Waals surface area contributed by atoms with Crippen LogP contribution in [0.5, 0.6) is 11.5 Å². The van der Waals surface area contributed by atoms with Crippen LogP contribution >= 0.6 is 15.9 Å². The minimum Gasteiger partial charge on any atom is -0.504 e. The summed E-state index contributed by atoms with van der Waals surface area (Å²) in [6.07, 6.45) is -0.333. The van der Waals surface area contributed by atoms with E-state index < -0.39 is 24.4 Å². The van der Waals surface area contributed by atoms with E-state index in [1.54, 1.807) is 18.2 Å². The van der Waals surface area contributed by atoms with Crippen molar-refractivity contribution in [3.05, 3.63) is 34.3 Å². The van der Waals surface area contributed by atoms with Crippen LogP contribution < -0.4 is 10.1 Å². The van der Waals surface area contributed by atoms with E-state index in [1.807, 2.05) is 0 Å². The lowest BCUT2D eigenvalue weighted by Gasteiger charge is -2.31. The second-order valence-corrected chi connectivity index (χ2v) is 5.73. The Morgan fingerprint density at radius 2 is 1.90 bits per heavy atom. The molecule has 0 saturated carbocycles. The van der Waals surface area contributed by atoms with Crippen molar-refractivity contribution in [1.29, 1.82) is 0 Å². The molecule has 1 aliphatic rings. The SMILES string of the molecule is COc1cc(Br)c(CN[C@H]2C=C[C@H](O)[C@@H](O)[C@@H]2O)cc1O. The van der Waals surface area contributed by atoms with E-state index in [-0.39, 0.29) is 5.75 Å². The van der Waals surface area contributed by atoms with Gasteiger partial charge in [0.2, 0.25) is 0 Å². The van der Waals surface area contributed by atoms with E-state index in [9.17, 15) is 20.4 Å². The molecule has 6 nitrogen and oxygen atoms in total. The summed E-state index contributed by atoms with van der Waals surface area (Å²) in [6.45, 7) is 0.354. The number of halogens is 1. The van der Waals surface area contributed by atoms with E-state index in [1.165, 1.54) is 13.2 Å². The molecule has 0 saturated heterocycles. The number of phenolic OH excluding ortho intramolecular Hbond substituents is 1. The van der Waals surface area contributed by atoms with E-state index in [4.69, 9.17) is 4.74 Å². The quantitative estimate of drug-likeness (QED) is 0.494. The van der Waals surface area contributed by atoms with Crippen LogP contribution in [0.2, 0.25) is 0 Å². The Morgan fingerprint density at radius 3 is 2.57 bits per heavy atom. The maximum atomic E-state index is 9.89. The molecular weight excluding hydrogens is 342 g/mol. The number of hydrogen-bond acceptors (Lipinski definition) is 6. The number of methoxy groups -OCH3 is 1. The summed E-state index contributed by atoms with van der Waals surface area (Å²) in [7, 11) is 1.47. The predicted octanol–water partition coefficient (Wildman–Crippen LogP) is 0.274. The van der Waals surface area contributed by atoms with Crippen molar-refractivity contribution in [3.8, 4) is 11.5 Å². The molecule has 0 aromatic heterocycles. The number of aliphatic hydroxyl groups excluding tert-OH is 3. The van der Waals surface area contributed by atoms with Gasteiger partial charge < -0.3 is 30.5 Å². The predicted molar refractivity (Wildman–Crippen MR) is 80.1 cm³/mol. The van der Waals surface area contributed by atoms with Gasteiger partial charge in [0.05, 0.1) is 13.2 Å². The summed E-state index contributed by atoms with van der Waals surface area (Å²) < 4.78 is 5.76. The van der Waals surface area contributed by atoms with Crippen molar-refractivity contribution in [2.75, 3.05) is 7.11 Å². The molecule has 1 aromatic rings.